The Morgan fingerprint density at radius 2 is 0.969 bits per heavy atom. The third kappa shape index (κ3) is 19.5. The van der Waals surface area contributed by atoms with Gasteiger partial charge in [0, 0.05) is 13.2 Å². The Labute approximate surface area is 194 Å². The van der Waals surface area contributed by atoms with Gasteiger partial charge in [-0.3, -0.25) is 9.59 Å². The van der Waals surface area contributed by atoms with Gasteiger partial charge in [-0.2, -0.15) is 0 Å². The molecule has 4 unspecified atom stereocenters. The molecule has 0 spiro atoms. The van der Waals surface area contributed by atoms with E-state index in [9.17, 15) is 9.59 Å². The molecule has 0 aromatic heterocycles. The largest absolute Gasteiger partial charge is 0.460 e. The van der Waals surface area contributed by atoms with E-state index in [-0.39, 0.29) is 38.3 Å². The Kier molecular flexibility index (Phi) is 19.6. The highest BCUT2D eigenvalue weighted by molar-refractivity contribution is 5.77. The van der Waals surface area contributed by atoms with E-state index in [1.165, 1.54) is 0 Å². The molecule has 0 N–H and O–H groups in total. The second-order valence-corrected chi connectivity index (χ2v) is 8.25. The van der Waals surface area contributed by atoms with Crippen LogP contribution in [0.1, 0.15) is 80.1 Å². The lowest BCUT2D eigenvalue weighted by atomic mass is 10.3. The van der Waals surface area contributed by atoms with Crippen molar-refractivity contribution in [1.82, 2.24) is 0 Å². The highest BCUT2D eigenvalue weighted by atomic mass is 16.6. The van der Waals surface area contributed by atoms with Gasteiger partial charge in [-0.15, -0.1) is 0 Å². The van der Waals surface area contributed by atoms with E-state index < -0.39 is 24.1 Å². The Morgan fingerprint density at radius 3 is 1.31 bits per heavy atom. The normalized spacial score (nSPS) is 15.1. The molecular weight excluding hydrogens is 416 g/mol. The molecule has 0 heterocycles. The summed E-state index contributed by atoms with van der Waals surface area (Å²) in [4.78, 5) is 23.9. The molecule has 0 saturated carbocycles. The van der Waals surface area contributed by atoms with E-state index in [1.54, 1.807) is 13.8 Å². The van der Waals surface area contributed by atoms with E-state index >= 15 is 0 Å². The van der Waals surface area contributed by atoms with Gasteiger partial charge in [0.25, 0.3) is 0 Å². The van der Waals surface area contributed by atoms with Crippen molar-refractivity contribution in [2.75, 3.05) is 39.6 Å². The second-order valence-electron chi connectivity index (χ2n) is 8.25. The number of esters is 2. The molecule has 0 aromatic carbocycles. The Morgan fingerprint density at radius 1 is 0.594 bits per heavy atom. The van der Waals surface area contributed by atoms with Crippen LogP contribution in [-0.4, -0.2) is 76.0 Å². The molecule has 0 fully saturated rings. The second kappa shape index (κ2) is 20.4. The van der Waals surface area contributed by atoms with Crippen molar-refractivity contribution < 1.29 is 38.0 Å². The first-order valence-electron chi connectivity index (χ1n) is 12.1. The summed E-state index contributed by atoms with van der Waals surface area (Å²) < 4.78 is 32.8. The summed E-state index contributed by atoms with van der Waals surface area (Å²) in [5, 5.41) is 0. The summed E-state index contributed by atoms with van der Waals surface area (Å²) in [5.74, 6) is -0.904. The van der Waals surface area contributed by atoms with Crippen LogP contribution in [-0.2, 0) is 38.0 Å². The Balaban J connectivity index is 3.85. The molecule has 190 valence electrons. The minimum absolute atomic E-state index is 0.0336. The van der Waals surface area contributed by atoms with Crippen LogP contribution in [0.5, 0.6) is 0 Å². The van der Waals surface area contributed by atoms with E-state index in [2.05, 4.69) is 13.8 Å². The molecule has 0 bridgehead atoms. The molecule has 0 rings (SSSR count). The first-order chi connectivity index (χ1) is 15.3. The molecule has 0 radical (unpaired) electrons. The fraction of sp³-hybridized carbons (Fsp3) is 0.917. The SMILES string of the molecule is CCCCOCC(C)OCC(C)OC(=O)CCC(=O)OC(C)COC(C)COCCCC. The quantitative estimate of drug-likeness (QED) is 0.186. The lowest BCUT2D eigenvalue weighted by molar-refractivity contribution is -0.159. The molecule has 8 nitrogen and oxygen atoms in total. The van der Waals surface area contributed by atoms with E-state index in [4.69, 9.17) is 28.4 Å². The summed E-state index contributed by atoms with van der Waals surface area (Å²) in [6.45, 7) is 14.6. The van der Waals surface area contributed by atoms with Crippen molar-refractivity contribution >= 4 is 11.9 Å². The average molecular weight is 463 g/mol. The van der Waals surface area contributed by atoms with Crippen LogP contribution in [0, 0.1) is 0 Å². The standard InChI is InChI=1S/C24H46O8/c1-7-9-13-27-15-19(3)29-17-21(5)31-23(25)11-12-24(26)32-22(6)18-30-20(4)16-28-14-10-8-2/h19-22H,7-18H2,1-6H3. The maximum atomic E-state index is 11.9. The number of hydrogen-bond acceptors (Lipinski definition) is 8. The zero-order valence-electron chi connectivity index (χ0n) is 21.1. The zero-order chi connectivity index (χ0) is 24.2. The van der Waals surface area contributed by atoms with Crippen LogP contribution in [0.2, 0.25) is 0 Å². The molecule has 0 saturated heterocycles. The maximum absolute atomic E-state index is 11.9. The predicted octanol–water partition coefficient (Wildman–Crippen LogP) is 4.07. The van der Waals surface area contributed by atoms with Gasteiger partial charge in [0.15, 0.2) is 0 Å². The fourth-order valence-corrected chi connectivity index (χ4v) is 2.53. The Hall–Kier alpha value is -1.22. The van der Waals surface area contributed by atoms with Crippen LogP contribution in [0.25, 0.3) is 0 Å². The molecule has 0 aliphatic rings. The average Bonchev–Trinajstić information content (AvgIpc) is 2.75. The van der Waals surface area contributed by atoms with Crippen LogP contribution < -0.4 is 0 Å². The highest BCUT2D eigenvalue weighted by Crippen LogP contribution is 2.05. The smallest absolute Gasteiger partial charge is 0.306 e. The van der Waals surface area contributed by atoms with Crippen molar-refractivity contribution in [3.05, 3.63) is 0 Å². The molecular formula is C24H46O8. The monoisotopic (exact) mass is 462 g/mol. The minimum atomic E-state index is -0.452. The summed E-state index contributed by atoms with van der Waals surface area (Å²) in [6.07, 6.45) is 3.24. The molecule has 0 aromatic rings. The van der Waals surface area contributed by atoms with E-state index in [1.807, 2.05) is 13.8 Å². The number of carbonyl (C=O) groups is 2. The number of unbranched alkanes of at least 4 members (excludes halogenated alkanes) is 2. The third-order valence-electron chi connectivity index (χ3n) is 4.42. The molecule has 4 atom stereocenters. The molecule has 0 aliphatic carbocycles. The number of carbonyl (C=O) groups excluding carboxylic acids is 2. The van der Waals surface area contributed by atoms with Gasteiger partial charge in [0.1, 0.15) is 12.2 Å². The van der Waals surface area contributed by atoms with Gasteiger partial charge in [-0.25, -0.2) is 0 Å². The van der Waals surface area contributed by atoms with Crippen LogP contribution in [0.4, 0.5) is 0 Å². The van der Waals surface area contributed by atoms with Gasteiger partial charge in [-0.1, -0.05) is 26.7 Å². The van der Waals surface area contributed by atoms with Crippen LogP contribution in [0.3, 0.4) is 0 Å². The van der Waals surface area contributed by atoms with E-state index in [0.29, 0.717) is 13.2 Å². The van der Waals surface area contributed by atoms with Crippen LogP contribution >= 0.6 is 0 Å². The summed E-state index contributed by atoms with van der Waals surface area (Å²) in [5.41, 5.74) is 0. The van der Waals surface area contributed by atoms with Crippen molar-refractivity contribution in [3.63, 3.8) is 0 Å². The van der Waals surface area contributed by atoms with Crippen LogP contribution in [0.15, 0.2) is 0 Å². The van der Waals surface area contributed by atoms with Gasteiger partial charge < -0.3 is 28.4 Å². The van der Waals surface area contributed by atoms with Crippen molar-refractivity contribution in [3.8, 4) is 0 Å². The fourth-order valence-electron chi connectivity index (χ4n) is 2.53. The van der Waals surface area contributed by atoms with Crippen molar-refractivity contribution in [2.24, 2.45) is 0 Å². The molecule has 32 heavy (non-hydrogen) atoms. The first-order valence-corrected chi connectivity index (χ1v) is 12.1. The molecule has 0 amide bonds. The summed E-state index contributed by atoms with van der Waals surface area (Å²) in [6, 6.07) is 0. The Bertz CT molecular complexity index is 429. The van der Waals surface area contributed by atoms with E-state index in [0.717, 1.165) is 38.9 Å². The van der Waals surface area contributed by atoms with Gasteiger partial charge in [0.2, 0.25) is 0 Å². The number of hydrogen-bond donors (Lipinski definition) is 0. The summed E-state index contributed by atoms with van der Waals surface area (Å²) in [7, 11) is 0. The van der Waals surface area contributed by atoms with Gasteiger partial charge in [0.05, 0.1) is 51.5 Å². The molecule has 0 aliphatic heterocycles. The lowest BCUT2D eigenvalue weighted by Crippen LogP contribution is -2.27. The predicted molar refractivity (Wildman–Crippen MR) is 123 cm³/mol. The lowest BCUT2D eigenvalue weighted by Gasteiger charge is -2.18. The topological polar surface area (TPSA) is 89.5 Å². The number of rotatable bonds is 21. The van der Waals surface area contributed by atoms with Crippen molar-refractivity contribution in [1.29, 1.82) is 0 Å². The summed E-state index contributed by atoms with van der Waals surface area (Å²) >= 11 is 0. The first kappa shape index (κ1) is 30.8. The van der Waals surface area contributed by atoms with Gasteiger partial charge in [-0.05, 0) is 40.5 Å². The number of ether oxygens (including phenoxy) is 6. The highest BCUT2D eigenvalue weighted by Gasteiger charge is 2.16. The minimum Gasteiger partial charge on any atom is -0.460 e. The van der Waals surface area contributed by atoms with Crippen molar-refractivity contribution in [2.45, 2.75) is 104 Å². The molecule has 8 heteroatoms. The third-order valence-corrected chi connectivity index (χ3v) is 4.42. The zero-order valence-corrected chi connectivity index (χ0v) is 21.1. The maximum Gasteiger partial charge on any atom is 0.306 e. The van der Waals surface area contributed by atoms with Gasteiger partial charge >= 0.3 is 11.9 Å².